The molecule has 0 spiro atoms. The first-order valence-electron chi connectivity index (χ1n) is 7.88. The Morgan fingerprint density at radius 3 is 2.75 bits per heavy atom. The summed E-state index contributed by atoms with van der Waals surface area (Å²) in [5.41, 5.74) is 0.507. The number of hydrogen-bond donors (Lipinski definition) is 1. The monoisotopic (exact) mass is 355 g/mol. The van der Waals surface area contributed by atoms with Gasteiger partial charge in [0.15, 0.2) is 0 Å². The van der Waals surface area contributed by atoms with Crippen LogP contribution in [0.25, 0.3) is 0 Å². The van der Waals surface area contributed by atoms with Crippen LogP contribution in [-0.4, -0.2) is 66.8 Å². The number of carbonyl (C=O) groups is 2. The molecule has 0 aliphatic carbocycles. The average Bonchev–Trinajstić information content (AvgIpc) is 2.97. The fraction of sp³-hybridized carbons (Fsp3) is 0.500. The molecule has 0 radical (unpaired) electrons. The van der Waals surface area contributed by atoms with Gasteiger partial charge in [0.25, 0.3) is 0 Å². The van der Waals surface area contributed by atoms with Crippen molar-refractivity contribution < 1.29 is 18.7 Å². The first-order chi connectivity index (χ1) is 11.5. The summed E-state index contributed by atoms with van der Waals surface area (Å²) in [6, 6.07) is 5.40. The highest BCUT2D eigenvalue weighted by Gasteiger charge is 2.41. The Balaban J connectivity index is 1.69. The number of carbonyl (C=O) groups excluding carboxylic acids is 2. The van der Waals surface area contributed by atoms with E-state index >= 15 is 0 Å². The van der Waals surface area contributed by atoms with Gasteiger partial charge in [-0.15, -0.1) is 0 Å². The van der Waals surface area contributed by atoms with Crippen LogP contribution in [0, 0.1) is 0 Å². The van der Waals surface area contributed by atoms with Gasteiger partial charge in [0.2, 0.25) is 5.91 Å². The highest BCUT2D eigenvalue weighted by molar-refractivity contribution is 6.30. The SMILES string of the molecule is O=C([C@H]1C[C@@H](F)CN1C(=O)Nc1cccc(Cl)c1)N1CCOCC1. The second-order valence-corrected chi connectivity index (χ2v) is 6.32. The van der Waals surface area contributed by atoms with Gasteiger partial charge in [-0.05, 0) is 18.2 Å². The number of nitrogens with zero attached hydrogens (tertiary/aromatic N) is 2. The Bertz CT molecular complexity index is 624. The first-order valence-corrected chi connectivity index (χ1v) is 8.26. The predicted molar refractivity (Wildman–Crippen MR) is 87.9 cm³/mol. The van der Waals surface area contributed by atoms with Crippen molar-refractivity contribution in [1.29, 1.82) is 0 Å². The number of hydrogen-bond acceptors (Lipinski definition) is 3. The van der Waals surface area contributed by atoms with Crippen LogP contribution in [0.3, 0.4) is 0 Å². The maximum absolute atomic E-state index is 13.9. The van der Waals surface area contributed by atoms with Gasteiger partial charge in [-0.25, -0.2) is 9.18 Å². The standard InChI is InChI=1S/C16H19ClFN3O3/c17-11-2-1-3-13(8-11)19-16(23)21-10-12(18)9-14(21)15(22)20-4-6-24-7-5-20/h1-3,8,12,14H,4-7,9-10H2,(H,19,23)/t12-,14-/m1/s1. The molecule has 2 atom stereocenters. The fourth-order valence-electron chi connectivity index (χ4n) is 3.00. The normalized spacial score (nSPS) is 24.1. The van der Waals surface area contributed by atoms with Crippen molar-refractivity contribution in [2.75, 3.05) is 38.2 Å². The van der Waals surface area contributed by atoms with Gasteiger partial charge >= 0.3 is 6.03 Å². The third-order valence-corrected chi connectivity index (χ3v) is 4.43. The molecule has 2 aliphatic rings. The Morgan fingerprint density at radius 1 is 1.29 bits per heavy atom. The summed E-state index contributed by atoms with van der Waals surface area (Å²) < 4.78 is 19.1. The molecule has 1 N–H and O–H groups in total. The number of halogens is 2. The maximum atomic E-state index is 13.9. The number of amides is 3. The Morgan fingerprint density at radius 2 is 2.04 bits per heavy atom. The number of rotatable bonds is 2. The minimum absolute atomic E-state index is 0.0269. The van der Waals surface area contributed by atoms with Crippen LogP contribution in [0.1, 0.15) is 6.42 Å². The number of anilines is 1. The number of morpholine rings is 1. The van der Waals surface area contributed by atoms with Crippen LogP contribution in [0.2, 0.25) is 5.02 Å². The molecular weight excluding hydrogens is 337 g/mol. The third-order valence-electron chi connectivity index (χ3n) is 4.19. The largest absolute Gasteiger partial charge is 0.378 e. The van der Waals surface area contributed by atoms with E-state index in [4.69, 9.17) is 16.3 Å². The van der Waals surface area contributed by atoms with Gasteiger partial charge in [-0.2, -0.15) is 0 Å². The van der Waals surface area contributed by atoms with Crippen molar-refractivity contribution in [3.8, 4) is 0 Å². The molecule has 130 valence electrons. The molecular formula is C16H19ClFN3O3. The zero-order valence-electron chi connectivity index (χ0n) is 13.1. The summed E-state index contributed by atoms with van der Waals surface area (Å²) in [5.74, 6) is -0.223. The van der Waals surface area contributed by atoms with E-state index in [0.717, 1.165) is 0 Å². The van der Waals surface area contributed by atoms with Gasteiger partial charge in [0.1, 0.15) is 12.2 Å². The quantitative estimate of drug-likeness (QED) is 0.884. The maximum Gasteiger partial charge on any atom is 0.322 e. The van der Waals surface area contributed by atoms with Crippen molar-refractivity contribution in [2.24, 2.45) is 0 Å². The zero-order valence-corrected chi connectivity index (χ0v) is 13.8. The molecule has 2 heterocycles. The molecule has 1 aromatic rings. The number of urea groups is 1. The molecule has 3 rings (SSSR count). The Labute approximate surface area is 144 Å². The second-order valence-electron chi connectivity index (χ2n) is 5.88. The fourth-order valence-corrected chi connectivity index (χ4v) is 3.19. The molecule has 2 aliphatic heterocycles. The van der Waals surface area contributed by atoms with Crippen molar-refractivity contribution in [3.05, 3.63) is 29.3 Å². The molecule has 8 heteroatoms. The van der Waals surface area contributed by atoms with Gasteiger partial charge < -0.3 is 19.9 Å². The molecule has 2 saturated heterocycles. The molecule has 2 fully saturated rings. The molecule has 0 bridgehead atoms. The van der Waals surface area contributed by atoms with E-state index in [-0.39, 0.29) is 18.9 Å². The first kappa shape index (κ1) is 17.0. The number of nitrogens with one attached hydrogen (secondary N) is 1. The second kappa shape index (κ2) is 7.36. The van der Waals surface area contributed by atoms with Crippen LogP contribution in [0.15, 0.2) is 24.3 Å². The van der Waals surface area contributed by atoms with Crippen LogP contribution in [0.5, 0.6) is 0 Å². The zero-order chi connectivity index (χ0) is 17.1. The number of benzene rings is 1. The van der Waals surface area contributed by atoms with Crippen molar-refractivity contribution in [1.82, 2.24) is 9.80 Å². The van der Waals surface area contributed by atoms with Crippen LogP contribution in [0.4, 0.5) is 14.9 Å². The van der Waals surface area contributed by atoms with Gasteiger partial charge in [0.05, 0.1) is 19.8 Å². The van der Waals surface area contributed by atoms with E-state index < -0.39 is 18.2 Å². The molecule has 24 heavy (non-hydrogen) atoms. The molecule has 3 amide bonds. The van der Waals surface area contributed by atoms with Gasteiger partial charge in [-0.1, -0.05) is 17.7 Å². The highest BCUT2D eigenvalue weighted by atomic mass is 35.5. The van der Waals surface area contributed by atoms with Gasteiger partial charge in [0, 0.05) is 30.2 Å². The molecule has 0 saturated carbocycles. The lowest BCUT2D eigenvalue weighted by molar-refractivity contribution is -0.139. The highest BCUT2D eigenvalue weighted by Crippen LogP contribution is 2.24. The molecule has 0 unspecified atom stereocenters. The lowest BCUT2D eigenvalue weighted by Crippen LogP contribution is -2.51. The van der Waals surface area contributed by atoms with Crippen molar-refractivity contribution in [3.63, 3.8) is 0 Å². The van der Waals surface area contributed by atoms with E-state index in [9.17, 15) is 14.0 Å². The lowest BCUT2D eigenvalue weighted by atomic mass is 10.1. The summed E-state index contributed by atoms with van der Waals surface area (Å²) in [7, 11) is 0. The van der Waals surface area contributed by atoms with E-state index in [0.29, 0.717) is 37.0 Å². The van der Waals surface area contributed by atoms with E-state index in [1.54, 1.807) is 29.2 Å². The Hall–Kier alpha value is -1.86. The minimum Gasteiger partial charge on any atom is -0.378 e. The summed E-state index contributed by atoms with van der Waals surface area (Å²) in [6.45, 7) is 1.78. The third kappa shape index (κ3) is 3.79. The van der Waals surface area contributed by atoms with Crippen LogP contribution < -0.4 is 5.32 Å². The minimum atomic E-state index is -1.20. The molecule has 6 nitrogen and oxygen atoms in total. The van der Waals surface area contributed by atoms with Crippen molar-refractivity contribution in [2.45, 2.75) is 18.6 Å². The summed E-state index contributed by atoms with van der Waals surface area (Å²) >= 11 is 5.89. The molecule has 0 aromatic heterocycles. The smallest absolute Gasteiger partial charge is 0.322 e. The van der Waals surface area contributed by atoms with E-state index in [1.165, 1.54) is 4.90 Å². The van der Waals surface area contributed by atoms with Crippen molar-refractivity contribution >= 4 is 29.2 Å². The predicted octanol–water partition coefficient (Wildman–Crippen LogP) is 2.14. The van der Waals surface area contributed by atoms with E-state index in [2.05, 4.69) is 5.32 Å². The topological polar surface area (TPSA) is 61.9 Å². The summed E-state index contributed by atoms with van der Waals surface area (Å²) in [6.07, 6.45) is -1.18. The number of likely N-dealkylation sites (tertiary alicyclic amines) is 1. The summed E-state index contributed by atoms with van der Waals surface area (Å²) in [5, 5.41) is 3.16. The van der Waals surface area contributed by atoms with E-state index in [1.807, 2.05) is 0 Å². The molecule has 1 aromatic carbocycles. The number of ether oxygens (including phenoxy) is 1. The average molecular weight is 356 g/mol. The van der Waals surface area contributed by atoms with Crippen LogP contribution >= 0.6 is 11.6 Å². The summed E-state index contributed by atoms with van der Waals surface area (Å²) in [4.78, 5) is 28.0. The number of alkyl halides is 1. The Kier molecular flexibility index (Phi) is 5.20. The van der Waals surface area contributed by atoms with Gasteiger partial charge in [-0.3, -0.25) is 4.79 Å². The van der Waals surface area contributed by atoms with Crippen LogP contribution in [-0.2, 0) is 9.53 Å². The lowest BCUT2D eigenvalue weighted by Gasteiger charge is -2.32.